The predicted octanol–water partition coefficient (Wildman–Crippen LogP) is 2.45. The SMILES string of the molecule is CC(C)CCN1C[C@H]2C(=O)NC3(CCN(C(=O)c4ccc(N(C)C)cc4)CC3)[C@H]2C1. The Hall–Kier alpha value is -2.08. The van der Waals surface area contributed by atoms with Gasteiger partial charge in [0.1, 0.15) is 0 Å². The Kier molecular flexibility index (Phi) is 5.80. The van der Waals surface area contributed by atoms with Crippen molar-refractivity contribution in [1.29, 1.82) is 0 Å². The number of hydrogen-bond acceptors (Lipinski definition) is 4. The van der Waals surface area contributed by atoms with Gasteiger partial charge in [0.05, 0.1) is 5.92 Å². The van der Waals surface area contributed by atoms with Gasteiger partial charge in [-0.25, -0.2) is 0 Å². The smallest absolute Gasteiger partial charge is 0.253 e. The molecule has 6 nitrogen and oxygen atoms in total. The molecular formula is C24H36N4O2. The maximum atomic E-state index is 13.0. The van der Waals surface area contributed by atoms with E-state index in [-0.39, 0.29) is 23.3 Å². The quantitative estimate of drug-likeness (QED) is 0.807. The molecule has 0 aliphatic carbocycles. The number of carbonyl (C=O) groups excluding carboxylic acids is 2. The first-order valence-electron chi connectivity index (χ1n) is 11.4. The normalized spacial score (nSPS) is 25.6. The van der Waals surface area contributed by atoms with Gasteiger partial charge >= 0.3 is 0 Å². The van der Waals surface area contributed by atoms with Gasteiger partial charge in [-0.3, -0.25) is 9.59 Å². The van der Waals surface area contributed by atoms with Crippen molar-refractivity contribution in [3.05, 3.63) is 29.8 Å². The first-order valence-corrected chi connectivity index (χ1v) is 11.4. The van der Waals surface area contributed by atoms with Crippen LogP contribution in [0.1, 0.15) is 43.5 Å². The number of benzene rings is 1. The lowest BCUT2D eigenvalue weighted by atomic mass is 9.75. The number of hydrogen-bond donors (Lipinski definition) is 1. The number of rotatable bonds is 5. The Morgan fingerprint density at radius 3 is 2.43 bits per heavy atom. The molecule has 0 unspecified atom stereocenters. The summed E-state index contributed by atoms with van der Waals surface area (Å²) in [5.74, 6) is 1.52. The molecule has 1 aromatic rings. The summed E-state index contributed by atoms with van der Waals surface area (Å²) in [6, 6.07) is 7.81. The number of anilines is 1. The fraction of sp³-hybridized carbons (Fsp3) is 0.667. The average molecular weight is 413 g/mol. The number of amides is 2. The van der Waals surface area contributed by atoms with E-state index in [2.05, 4.69) is 24.1 Å². The van der Waals surface area contributed by atoms with Crippen LogP contribution in [0.25, 0.3) is 0 Å². The van der Waals surface area contributed by atoms with Crippen LogP contribution < -0.4 is 10.2 Å². The minimum absolute atomic E-state index is 0.0982. The molecule has 4 rings (SSSR count). The summed E-state index contributed by atoms with van der Waals surface area (Å²) in [5.41, 5.74) is 1.71. The first-order chi connectivity index (χ1) is 14.3. The highest BCUT2D eigenvalue weighted by molar-refractivity contribution is 5.94. The number of likely N-dealkylation sites (tertiary alicyclic amines) is 2. The summed E-state index contributed by atoms with van der Waals surface area (Å²) in [4.78, 5) is 32.2. The Bertz CT molecular complexity index is 781. The summed E-state index contributed by atoms with van der Waals surface area (Å²) < 4.78 is 0. The van der Waals surface area contributed by atoms with Crippen LogP contribution in [0, 0.1) is 17.8 Å². The van der Waals surface area contributed by atoms with Gasteiger partial charge in [-0.05, 0) is 56.0 Å². The van der Waals surface area contributed by atoms with Crippen molar-refractivity contribution in [2.75, 3.05) is 51.7 Å². The number of nitrogens with zero attached hydrogens (tertiary/aromatic N) is 3. The zero-order chi connectivity index (χ0) is 21.5. The van der Waals surface area contributed by atoms with Crippen LogP contribution in [0.4, 0.5) is 5.69 Å². The molecule has 0 bridgehead atoms. The molecule has 3 heterocycles. The highest BCUT2D eigenvalue weighted by Crippen LogP contribution is 2.44. The van der Waals surface area contributed by atoms with Crippen molar-refractivity contribution >= 4 is 17.5 Å². The van der Waals surface area contributed by atoms with E-state index in [1.165, 1.54) is 6.42 Å². The topological polar surface area (TPSA) is 55.9 Å². The van der Waals surface area contributed by atoms with Gasteiger partial charge in [-0.15, -0.1) is 0 Å². The van der Waals surface area contributed by atoms with Crippen LogP contribution in [0.2, 0.25) is 0 Å². The summed E-state index contributed by atoms with van der Waals surface area (Å²) in [6.45, 7) is 8.93. The highest BCUT2D eigenvalue weighted by Gasteiger charge is 2.57. The maximum absolute atomic E-state index is 13.0. The number of nitrogens with one attached hydrogen (secondary N) is 1. The van der Waals surface area contributed by atoms with E-state index in [4.69, 9.17) is 0 Å². The third-order valence-electron chi connectivity index (χ3n) is 7.41. The van der Waals surface area contributed by atoms with Crippen molar-refractivity contribution < 1.29 is 9.59 Å². The molecule has 0 aromatic heterocycles. The number of fused-ring (bicyclic) bond motifs is 2. The molecule has 2 amide bonds. The zero-order valence-corrected chi connectivity index (χ0v) is 18.9. The van der Waals surface area contributed by atoms with E-state index in [1.807, 2.05) is 48.2 Å². The third kappa shape index (κ3) is 3.94. The van der Waals surface area contributed by atoms with Gasteiger partial charge in [0, 0.05) is 63.0 Å². The molecular weight excluding hydrogens is 376 g/mol. The summed E-state index contributed by atoms with van der Waals surface area (Å²) in [7, 11) is 3.99. The van der Waals surface area contributed by atoms with E-state index in [0.29, 0.717) is 24.9 Å². The lowest BCUT2D eigenvalue weighted by Gasteiger charge is -2.43. The second-order valence-electron chi connectivity index (χ2n) is 10.0. The van der Waals surface area contributed by atoms with Crippen molar-refractivity contribution in [3.63, 3.8) is 0 Å². The molecule has 2 atom stereocenters. The van der Waals surface area contributed by atoms with Crippen LogP contribution in [0.5, 0.6) is 0 Å². The molecule has 164 valence electrons. The molecule has 1 N–H and O–H groups in total. The van der Waals surface area contributed by atoms with E-state index < -0.39 is 0 Å². The summed E-state index contributed by atoms with van der Waals surface area (Å²) in [5, 5.41) is 3.37. The monoisotopic (exact) mass is 412 g/mol. The fourth-order valence-electron chi connectivity index (χ4n) is 5.45. The lowest BCUT2D eigenvalue weighted by Crippen LogP contribution is -2.56. The van der Waals surface area contributed by atoms with Gasteiger partial charge in [-0.1, -0.05) is 13.8 Å². The molecule has 0 radical (unpaired) electrons. The van der Waals surface area contributed by atoms with Crippen molar-refractivity contribution in [3.8, 4) is 0 Å². The van der Waals surface area contributed by atoms with Crippen LogP contribution in [-0.2, 0) is 4.79 Å². The van der Waals surface area contributed by atoms with Crippen molar-refractivity contribution in [1.82, 2.24) is 15.1 Å². The zero-order valence-electron chi connectivity index (χ0n) is 18.9. The van der Waals surface area contributed by atoms with Crippen LogP contribution >= 0.6 is 0 Å². The molecule has 1 spiro atoms. The van der Waals surface area contributed by atoms with Crippen LogP contribution in [0.3, 0.4) is 0 Å². The van der Waals surface area contributed by atoms with E-state index in [9.17, 15) is 9.59 Å². The Morgan fingerprint density at radius 1 is 1.17 bits per heavy atom. The molecule has 3 saturated heterocycles. The molecule has 0 saturated carbocycles. The summed E-state index contributed by atoms with van der Waals surface area (Å²) in [6.07, 6.45) is 2.90. The van der Waals surface area contributed by atoms with E-state index in [1.54, 1.807) is 0 Å². The second kappa shape index (κ2) is 8.22. The molecule has 30 heavy (non-hydrogen) atoms. The fourth-order valence-corrected chi connectivity index (χ4v) is 5.45. The largest absolute Gasteiger partial charge is 0.378 e. The van der Waals surface area contributed by atoms with Crippen LogP contribution in [-0.4, -0.2) is 74.0 Å². The third-order valence-corrected chi connectivity index (χ3v) is 7.41. The molecule has 3 aliphatic heterocycles. The number of piperidine rings is 1. The minimum atomic E-state index is -0.125. The van der Waals surface area contributed by atoms with Crippen LogP contribution in [0.15, 0.2) is 24.3 Å². The first kappa shape index (κ1) is 21.2. The van der Waals surface area contributed by atoms with Crippen molar-refractivity contribution in [2.45, 2.75) is 38.6 Å². The molecule has 6 heteroatoms. The Labute approximate surface area is 180 Å². The number of carbonyl (C=O) groups is 2. The maximum Gasteiger partial charge on any atom is 0.253 e. The lowest BCUT2D eigenvalue weighted by molar-refractivity contribution is -0.123. The van der Waals surface area contributed by atoms with E-state index in [0.717, 1.165) is 43.7 Å². The standard InChI is InChI=1S/C24H36N4O2/c1-17(2)9-12-27-15-20-21(16-27)24(25-22(20)29)10-13-28(14-11-24)23(30)18-5-7-19(8-6-18)26(3)4/h5-8,17,20-21H,9-16H2,1-4H3,(H,25,29)/t20-,21+/m1/s1. The van der Waals surface area contributed by atoms with Gasteiger partial charge in [0.25, 0.3) is 5.91 Å². The summed E-state index contributed by atoms with van der Waals surface area (Å²) >= 11 is 0. The Balaban J connectivity index is 1.38. The predicted molar refractivity (Wildman–Crippen MR) is 120 cm³/mol. The Morgan fingerprint density at radius 2 is 1.83 bits per heavy atom. The second-order valence-corrected chi connectivity index (χ2v) is 10.0. The van der Waals surface area contributed by atoms with E-state index >= 15 is 0 Å². The minimum Gasteiger partial charge on any atom is -0.378 e. The average Bonchev–Trinajstić information content (AvgIpc) is 3.26. The highest BCUT2D eigenvalue weighted by atomic mass is 16.2. The van der Waals surface area contributed by atoms with Gasteiger partial charge in [0.15, 0.2) is 0 Å². The van der Waals surface area contributed by atoms with Crippen molar-refractivity contribution in [2.24, 2.45) is 17.8 Å². The molecule has 3 aliphatic rings. The van der Waals surface area contributed by atoms with Gasteiger partial charge < -0.3 is 20.0 Å². The molecule has 3 fully saturated rings. The molecule has 1 aromatic carbocycles. The van der Waals surface area contributed by atoms with Gasteiger partial charge in [-0.2, -0.15) is 0 Å². The van der Waals surface area contributed by atoms with Gasteiger partial charge in [0.2, 0.25) is 5.91 Å².